The zero-order chi connectivity index (χ0) is 26.1. The quantitative estimate of drug-likeness (QED) is 0.252. The van der Waals surface area contributed by atoms with Gasteiger partial charge < -0.3 is 9.47 Å². The normalized spacial score (nSPS) is 15.5. The number of carbonyl (C=O) groups is 1. The van der Waals surface area contributed by atoms with Crippen molar-refractivity contribution in [2.45, 2.75) is 32.9 Å². The smallest absolute Gasteiger partial charge is 0.338 e. The van der Waals surface area contributed by atoms with Crippen LogP contribution in [0.1, 0.15) is 37.9 Å². The number of fused-ring (bicyclic) bond motifs is 1. The Kier molecular flexibility index (Phi) is 7.23. The Balaban J connectivity index is 1.99. The van der Waals surface area contributed by atoms with Crippen LogP contribution in [0.15, 0.2) is 68.0 Å². The fourth-order valence-electron chi connectivity index (χ4n) is 3.95. The van der Waals surface area contributed by atoms with Crippen LogP contribution in [-0.2, 0) is 9.53 Å². The van der Waals surface area contributed by atoms with Gasteiger partial charge in [0.1, 0.15) is 11.8 Å². The molecule has 1 aliphatic heterocycles. The molecule has 0 aliphatic carbocycles. The molecule has 3 aromatic rings. The second kappa shape index (κ2) is 10.2. The highest BCUT2D eigenvalue weighted by atomic mass is 79.9. The summed E-state index contributed by atoms with van der Waals surface area (Å²) in [5.41, 5.74) is 1.27. The lowest BCUT2D eigenvalue weighted by Crippen LogP contribution is -2.40. The van der Waals surface area contributed by atoms with E-state index in [9.17, 15) is 19.7 Å². The summed E-state index contributed by atoms with van der Waals surface area (Å²) >= 11 is 4.61. The van der Waals surface area contributed by atoms with Gasteiger partial charge in [0.25, 0.3) is 11.2 Å². The molecule has 0 fully saturated rings. The van der Waals surface area contributed by atoms with Gasteiger partial charge in [-0.1, -0.05) is 39.4 Å². The molecule has 1 aliphatic rings. The van der Waals surface area contributed by atoms with Crippen molar-refractivity contribution in [1.29, 1.82) is 0 Å². The second-order valence-electron chi connectivity index (χ2n) is 8.27. The van der Waals surface area contributed by atoms with E-state index in [2.05, 4.69) is 20.9 Å². The van der Waals surface area contributed by atoms with E-state index in [1.165, 1.54) is 23.8 Å². The third kappa shape index (κ3) is 4.89. The van der Waals surface area contributed by atoms with Gasteiger partial charge in [-0.2, -0.15) is 0 Å². The summed E-state index contributed by atoms with van der Waals surface area (Å²) in [6.45, 7) is 5.19. The van der Waals surface area contributed by atoms with Crippen LogP contribution < -0.4 is 19.6 Å². The maximum atomic E-state index is 13.7. The average molecular weight is 572 g/mol. The van der Waals surface area contributed by atoms with Crippen molar-refractivity contribution < 1.29 is 19.2 Å². The number of ether oxygens (including phenoxy) is 2. The summed E-state index contributed by atoms with van der Waals surface area (Å²) in [7, 11) is 1.52. The number of hydrogen-bond donors (Lipinski definition) is 0. The highest BCUT2D eigenvalue weighted by molar-refractivity contribution is 9.10. The number of halogens is 1. The van der Waals surface area contributed by atoms with Crippen LogP contribution in [0.5, 0.6) is 5.75 Å². The van der Waals surface area contributed by atoms with Crippen LogP contribution >= 0.6 is 27.3 Å². The summed E-state index contributed by atoms with van der Waals surface area (Å²) < 4.78 is 13.6. The fourth-order valence-corrected chi connectivity index (χ4v) is 5.38. The molecule has 11 heteroatoms. The molecule has 1 atom stereocenters. The Morgan fingerprint density at radius 3 is 2.69 bits per heavy atom. The van der Waals surface area contributed by atoms with Gasteiger partial charge >= 0.3 is 5.97 Å². The number of nitro groups is 1. The number of nitrogens with zero attached hydrogens (tertiary/aromatic N) is 3. The number of allylic oxidation sites excluding steroid dienone is 1. The van der Waals surface area contributed by atoms with Crippen molar-refractivity contribution in [3.8, 4) is 5.75 Å². The highest BCUT2D eigenvalue weighted by Crippen LogP contribution is 2.37. The molecule has 186 valence electrons. The number of methoxy groups -OCH3 is 1. The van der Waals surface area contributed by atoms with Crippen molar-refractivity contribution in [2.75, 3.05) is 7.11 Å². The minimum Gasteiger partial charge on any atom is -0.496 e. The molecule has 1 aromatic heterocycles. The summed E-state index contributed by atoms with van der Waals surface area (Å²) in [4.78, 5) is 42.6. The first-order chi connectivity index (χ1) is 17.1. The van der Waals surface area contributed by atoms with E-state index in [4.69, 9.17) is 9.47 Å². The highest BCUT2D eigenvalue weighted by Gasteiger charge is 2.35. The molecule has 36 heavy (non-hydrogen) atoms. The van der Waals surface area contributed by atoms with Crippen LogP contribution in [0.25, 0.3) is 6.08 Å². The van der Waals surface area contributed by atoms with Gasteiger partial charge in [0.2, 0.25) is 0 Å². The standard InChI is InChI=1S/C25H22BrN3O6S/c1-13(2)35-24(31)21-14(3)27-25-28(22(21)18-12-16(26)8-9-19(18)34-4)23(30)20(36-25)11-15-6-5-7-17(10-15)29(32)33/h5-13,22H,1-4H3/b20-11-/t22-/m0/s1. The molecule has 0 N–H and O–H groups in total. The second-order valence-corrected chi connectivity index (χ2v) is 10.2. The van der Waals surface area contributed by atoms with Crippen molar-refractivity contribution in [2.24, 2.45) is 4.99 Å². The summed E-state index contributed by atoms with van der Waals surface area (Å²) in [6, 6.07) is 10.5. The Morgan fingerprint density at radius 2 is 2.03 bits per heavy atom. The maximum Gasteiger partial charge on any atom is 0.338 e. The zero-order valence-corrected chi connectivity index (χ0v) is 22.3. The average Bonchev–Trinajstić information content (AvgIpc) is 3.12. The maximum absolute atomic E-state index is 13.7. The van der Waals surface area contributed by atoms with E-state index in [-0.39, 0.29) is 22.9 Å². The predicted molar refractivity (Wildman–Crippen MR) is 139 cm³/mol. The topological polar surface area (TPSA) is 113 Å². The number of carbonyl (C=O) groups excluding carboxylic acids is 1. The Bertz CT molecular complexity index is 1590. The summed E-state index contributed by atoms with van der Waals surface area (Å²) in [5.74, 6) is -0.0905. The van der Waals surface area contributed by atoms with Gasteiger partial charge in [0, 0.05) is 22.2 Å². The SMILES string of the molecule is COc1ccc(Br)cc1[C@H]1C(C(=O)OC(C)C)=C(C)N=c2s/c(=C\c3cccc([N+](=O)[O-])c3)c(=O)n21. The van der Waals surface area contributed by atoms with E-state index in [1.807, 2.05) is 0 Å². The molecule has 2 heterocycles. The first-order valence-corrected chi connectivity index (χ1v) is 12.5. The third-order valence-corrected chi connectivity index (χ3v) is 6.93. The van der Waals surface area contributed by atoms with E-state index in [0.29, 0.717) is 31.9 Å². The van der Waals surface area contributed by atoms with Crippen LogP contribution in [0.2, 0.25) is 0 Å². The molecular weight excluding hydrogens is 550 g/mol. The van der Waals surface area contributed by atoms with Crippen LogP contribution in [0, 0.1) is 10.1 Å². The van der Waals surface area contributed by atoms with E-state index >= 15 is 0 Å². The summed E-state index contributed by atoms with van der Waals surface area (Å²) in [6.07, 6.45) is 1.21. The van der Waals surface area contributed by atoms with Crippen LogP contribution in [-0.4, -0.2) is 28.7 Å². The van der Waals surface area contributed by atoms with Gasteiger partial charge in [-0.3, -0.25) is 19.5 Å². The largest absolute Gasteiger partial charge is 0.496 e. The predicted octanol–water partition coefficient (Wildman–Crippen LogP) is 3.87. The minimum absolute atomic E-state index is 0.0807. The third-order valence-electron chi connectivity index (χ3n) is 5.45. The molecular formula is C25H22BrN3O6S. The van der Waals surface area contributed by atoms with E-state index in [1.54, 1.807) is 57.2 Å². The molecule has 0 saturated heterocycles. The fraction of sp³-hybridized carbons (Fsp3) is 0.240. The van der Waals surface area contributed by atoms with Crippen molar-refractivity contribution >= 4 is 45.0 Å². The number of thiazole rings is 1. The lowest BCUT2D eigenvalue weighted by atomic mass is 9.95. The van der Waals surface area contributed by atoms with Gasteiger partial charge in [-0.15, -0.1) is 0 Å². The Hall–Kier alpha value is -3.57. The molecule has 0 spiro atoms. The van der Waals surface area contributed by atoms with Gasteiger partial charge in [-0.25, -0.2) is 9.79 Å². The van der Waals surface area contributed by atoms with E-state index in [0.717, 1.165) is 15.8 Å². The first-order valence-electron chi connectivity index (χ1n) is 10.9. The summed E-state index contributed by atoms with van der Waals surface area (Å²) in [5, 5.41) is 11.2. The number of benzene rings is 2. The number of nitro benzene ring substituents is 1. The van der Waals surface area contributed by atoms with Crippen molar-refractivity contribution in [1.82, 2.24) is 4.57 Å². The Labute approximate surface area is 218 Å². The van der Waals surface area contributed by atoms with E-state index < -0.39 is 16.9 Å². The minimum atomic E-state index is -0.854. The molecule has 0 saturated carbocycles. The molecule has 0 radical (unpaired) electrons. The zero-order valence-electron chi connectivity index (χ0n) is 19.9. The van der Waals surface area contributed by atoms with Crippen LogP contribution in [0.3, 0.4) is 0 Å². The number of rotatable bonds is 6. The van der Waals surface area contributed by atoms with Crippen LogP contribution in [0.4, 0.5) is 5.69 Å². The lowest BCUT2D eigenvalue weighted by Gasteiger charge is -2.26. The van der Waals surface area contributed by atoms with Gasteiger partial charge in [0.15, 0.2) is 4.80 Å². The molecule has 0 unspecified atom stereocenters. The Morgan fingerprint density at radius 1 is 1.28 bits per heavy atom. The monoisotopic (exact) mass is 571 g/mol. The van der Waals surface area contributed by atoms with Crippen molar-refractivity contribution in [3.63, 3.8) is 0 Å². The molecule has 2 aromatic carbocycles. The number of non-ortho nitro benzene ring substituents is 1. The first kappa shape index (κ1) is 25.5. The lowest BCUT2D eigenvalue weighted by molar-refractivity contribution is -0.384. The number of hydrogen-bond acceptors (Lipinski definition) is 8. The molecule has 0 amide bonds. The number of esters is 1. The molecule has 9 nitrogen and oxygen atoms in total. The number of aromatic nitrogens is 1. The molecule has 4 rings (SSSR count). The van der Waals surface area contributed by atoms with Crippen molar-refractivity contribution in [3.05, 3.63) is 99.1 Å². The van der Waals surface area contributed by atoms with Gasteiger partial charge in [-0.05, 0) is 50.6 Å². The molecule has 0 bridgehead atoms. The van der Waals surface area contributed by atoms with Gasteiger partial charge in [0.05, 0.1) is 33.9 Å².